The van der Waals surface area contributed by atoms with Crippen molar-refractivity contribution in [1.29, 1.82) is 0 Å². The van der Waals surface area contributed by atoms with E-state index in [1.807, 2.05) is 101 Å². The molecule has 0 bridgehead atoms. The van der Waals surface area contributed by atoms with Crippen LogP contribution in [0.5, 0.6) is 0 Å². The number of amides is 2. The fourth-order valence-electron chi connectivity index (χ4n) is 5.18. The van der Waals surface area contributed by atoms with Gasteiger partial charge in [-0.05, 0) is 69.0 Å². The Morgan fingerprint density at radius 2 is 1.36 bits per heavy atom. The molecule has 4 aromatic rings. The summed E-state index contributed by atoms with van der Waals surface area (Å²) >= 11 is 0. The average molecular weight is 626 g/mol. The third kappa shape index (κ3) is 8.82. The molecule has 0 radical (unpaired) electrons. The van der Waals surface area contributed by atoms with Crippen LogP contribution >= 0.6 is 0 Å². The molecule has 1 unspecified atom stereocenters. The molecule has 0 aromatic heterocycles. The van der Waals surface area contributed by atoms with Gasteiger partial charge in [-0.1, -0.05) is 103 Å². The first-order valence-electron chi connectivity index (χ1n) is 15.3. The zero-order chi connectivity index (χ0) is 32.6. The van der Waals surface area contributed by atoms with Crippen molar-refractivity contribution in [2.24, 2.45) is 0 Å². The molecule has 0 fully saturated rings. The summed E-state index contributed by atoms with van der Waals surface area (Å²) in [6, 6.07) is 31.8. The first-order chi connectivity index (χ1) is 21.4. The van der Waals surface area contributed by atoms with Crippen molar-refractivity contribution in [2.75, 3.05) is 10.8 Å². The summed E-state index contributed by atoms with van der Waals surface area (Å²) < 4.78 is 29.6. The van der Waals surface area contributed by atoms with Crippen LogP contribution in [-0.2, 0) is 39.0 Å². The van der Waals surface area contributed by atoms with Gasteiger partial charge in [0.15, 0.2) is 0 Å². The lowest BCUT2D eigenvalue weighted by molar-refractivity contribution is -0.140. The first kappa shape index (κ1) is 33.5. The van der Waals surface area contributed by atoms with Crippen LogP contribution < -0.4 is 9.62 Å². The fraction of sp³-hybridized carbons (Fsp3) is 0.297. The Hall–Kier alpha value is -4.43. The predicted octanol–water partition coefficient (Wildman–Crippen LogP) is 6.31. The number of nitrogens with zero attached hydrogens (tertiary/aromatic N) is 2. The van der Waals surface area contributed by atoms with E-state index in [1.165, 1.54) is 21.3 Å². The summed E-state index contributed by atoms with van der Waals surface area (Å²) in [5.41, 5.74) is 3.47. The normalized spacial score (nSPS) is 12.3. The van der Waals surface area contributed by atoms with Crippen LogP contribution in [0, 0.1) is 6.92 Å². The number of carbonyl (C=O) groups is 2. The number of hydrogen-bond acceptors (Lipinski definition) is 4. The molecular formula is C37H43N3O4S. The van der Waals surface area contributed by atoms with Crippen molar-refractivity contribution in [3.63, 3.8) is 0 Å². The SMILES string of the molecule is CCc1ccccc1N(CC(=O)N(Cc1ccc(C)cc1)C(Cc1ccccc1)C(=O)NC(C)(C)C)S(=O)(=O)c1ccccc1. The number of rotatable bonds is 12. The van der Waals surface area contributed by atoms with Crippen LogP contribution in [0.15, 0.2) is 114 Å². The maximum absolute atomic E-state index is 14.6. The maximum atomic E-state index is 14.6. The lowest BCUT2D eigenvalue weighted by atomic mass is 10.0. The molecule has 8 heteroatoms. The second kappa shape index (κ2) is 14.6. The first-order valence-corrected chi connectivity index (χ1v) is 16.7. The molecule has 0 saturated heterocycles. The van der Waals surface area contributed by atoms with Gasteiger partial charge in [0.25, 0.3) is 10.0 Å². The lowest BCUT2D eigenvalue weighted by Crippen LogP contribution is -2.56. The molecule has 4 aromatic carbocycles. The van der Waals surface area contributed by atoms with Crippen molar-refractivity contribution in [3.8, 4) is 0 Å². The highest BCUT2D eigenvalue weighted by atomic mass is 32.2. The van der Waals surface area contributed by atoms with Crippen molar-refractivity contribution < 1.29 is 18.0 Å². The van der Waals surface area contributed by atoms with Crippen LogP contribution in [-0.4, -0.2) is 43.3 Å². The molecule has 0 spiro atoms. The van der Waals surface area contributed by atoms with E-state index in [0.717, 1.165) is 22.3 Å². The summed E-state index contributed by atoms with van der Waals surface area (Å²) in [5.74, 6) is -0.788. The van der Waals surface area contributed by atoms with E-state index in [1.54, 1.807) is 30.3 Å². The molecule has 1 N–H and O–H groups in total. The number of hydrogen-bond donors (Lipinski definition) is 1. The maximum Gasteiger partial charge on any atom is 0.264 e. The molecule has 0 aliphatic heterocycles. The summed E-state index contributed by atoms with van der Waals surface area (Å²) in [6.07, 6.45) is 0.834. The summed E-state index contributed by atoms with van der Waals surface area (Å²) in [4.78, 5) is 30.2. The van der Waals surface area contributed by atoms with Crippen molar-refractivity contribution in [3.05, 3.63) is 131 Å². The number of nitrogens with one attached hydrogen (secondary N) is 1. The lowest BCUT2D eigenvalue weighted by Gasteiger charge is -2.35. The second-order valence-electron chi connectivity index (χ2n) is 12.3. The largest absolute Gasteiger partial charge is 0.350 e. The molecule has 7 nitrogen and oxygen atoms in total. The highest BCUT2D eigenvalue weighted by Gasteiger charge is 2.36. The van der Waals surface area contributed by atoms with Gasteiger partial charge in [0.1, 0.15) is 12.6 Å². The monoisotopic (exact) mass is 625 g/mol. The topological polar surface area (TPSA) is 86.8 Å². The van der Waals surface area contributed by atoms with E-state index < -0.39 is 34.1 Å². The van der Waals surface area contributed by atoms with Gasteiger partial charge < -0.3 is 10.2 Å². The molecular weight excluding hydrogens is 582 g/mol. The van der Waals surface area contributed by atoms with Gasteiger partial charge in [-0.3, -0.25) is 13.9 Å². The zero-order valence-electron chi connectivity index (χ0n) is 26.7. The molecule has 0 aliphatic carbocycles. The Kier molecular flexibility index (Phi) is 10.8. The quantitative estimate of drug-likeness (QED) is 0.200. The van der Waals surface area contributed by atoms with Crippen LogP contribution in [0.25, 0.3) is 0 Å². The molecule has 0 heterocycles. The Labute approximate surface area is 268 Å². The summed E-state index contributed by atoms with van der Waals surface area (Å²) in [7, 11) is -4.14. The van der Waals surface area contributed by atoms with E-state index >= 15 is 0 Å². The molecule has 0 aliphatic rings. The number of aryl methyl sites for hydroxylation is 2. The number of para-hydroxylation sites is 1. The molecule has 2 amide bonds. The number of sulfonamides is 1. The van der Waals surface area contributed by atoms with Gasteiger partial charge in [0.05, 0.1) is 10.6 Å². The van der Waals surface area contributed by atoms with E-state index in [0.29, 0.717) is 12.1 Å². The third-order valence-electron chi connectivity index (χ3n) is 7.49. The molecule has 1 atom stereocenters. The molecule has 4 rings (SSSR count). The molecule has 45 heavy (non-hydrogen) atoms. The zero-order valence-corrected chi connectivity index (χ0v) is 27.6. The Morgan fingerprint density at radius 3 is 1.96 bits per heavy atom. The average Bonchev–Trinajstić information content (AvgIpc) is 3.02. The van der Waals surface area contributed by atoms with Crippen LogP contribution in [0.4, 0.5) is 5.69 Å². The molecule has 0 saturated carbocycles. The van der Waals surface area contributed by atoms with E-state index in [2.05, 4.69) is 5.32 Å². The fourth-order valence-corrected chi connectivity index (χ4v) is 6.66. The molecule has 236 valence electrons. The summed E-state index contributed by atoms with van der Waals surface area (Å²) in [6.45, 7) is 9.27. The Bertz CT molecular complexity index is 1680. The highest BCUT2D eigenvalue weighted by Crippen LogP contribution is 2.28. The van der Waals surface area contributed by atoms with Crippen molar-refractivity contribution in [1.82, 2.24) is 10.2 Å². The highest BCUT2D eigenvalue weighted by molar-refractivity contribution is 7.92. The van der Waals surface area contributed by atoms with Gasteiger partial charge in [-0.15, -0.1) is 0 Å². The van der Waals surface area contributed by atoms with Crippen LogP contribution in [0.3, 0.4) is 0 Å². The van der Waals surface area contributed by atoms with Gasteiger partial charge in [-0.25, -0.2) is 8.42 Å². The van der Waals surface area contributed by atoms with Gasteiger partial charge in [0.2, 0.25) is 11.8 Å². The Balaban J connectivity index is 1.83. The van der Waals surface area contributed by atoms with Crippen LogP contribution in [0.2, 0.25) is 0 Å². The minimum absolute atomic E-state index is 0.0834. The Morgan fingerprint density at radius 1 is 0.778 bits per heavy atom. The van der Waals surface area contributed by atoms with Gasteiger partial charge >= 0.3 is 0 Å². The number of carbonyl (C=O) groups excluding carboxylic acids is 2. The number of anilines is 1. The van der Waals surface area contributed by atoms with E-state index in [9.17, 15) is 18.0 Å². The smallest absolute Gasteiger partial charge is 0.264 e. The minimum atomic E-state index is -4.14. The number of benzene rings is 4. The third-order valence-corrected chi connectivity index (χ3v) is 9.27. The van der Waals surface area contributed by atoms with Crippen molar-refractivity contribution >= 4 is 27.5 Å². The van der Waals surface area contributed by atoms with Crippen molar-refractivity contribution in [2.45, 2.75) is 70.5 Å². The van der Waals surface area contributed by atoms with E-state index in [-0.39, 0.29) is 23.8 Å². The standard InChI is InChI=1S/C37H43N3O4S/c1-6-31-17-13-14-20-33(31)40(45(43,44)32-18-11-8-12-19-32)27-35(41)39(26-30-23-21-28(2)22-24-30)34(36(42)38-37(3,4)5)25-29-15-9-7-10-16-29/h7-24,34H,6,25-27H2,1-5H3,(H,38,42). The second-order valence-corrected chi connectivity index (χ2v) is 14.1. The van der Waals surface area contributed by atoms with Crippen LogP contribution in [0.1, 0.15) is 49.9 Å². The summed E-state index contributed by atoms with van der Waals surface area (Å²) in [5, 5.41) is 3.06. The van der Waals surface area contributed by atoms with Gasteiger partial charge in [0, 0.05) is 18.5 Å². The van der Waals surface area contributed by atoms with E-state index in [4.69, 9.17) is 0 Å². The minimum Gasteiger partial charge on any atom is -0.350 e. The van der Waals surface area contributed by atoms with Gasteiger partial charge in [-0.2, -0.15) is 0 Å². The predicted molar refractivity (Wildman–Crippen MR) is 180 cm³/mol.